The van der Waals surface area contributed by atoms with Crippen molar-refractivity contribution in [3.8, 4) is 11.5 Å². The van der Waals surface area contributed by atoms with E-state index in [9.17, 15) is 10.1 Å². The topological polar surface area (TPSA) is 87.4 Å². The smallest absolute Gasteiger partial charge is 0.342 e. The maximum atomic E-state index is 11.3. The normalized spacial score (nSPS) is 10.5. The molecule has 0 atom stereocenters. The van der Waals surface area contributed by atoms with Crippen LogP contribution in [0, 0.1) is 24.0 Å². The van der Waals surface area contributed by atoms with Crippen molar-refractivity contribution in [3.63, 3.8) is 0 Å². The Labute approximate surface area is 109 Å². The summed E-state index contributed by atoms with van der Waals surface area (Å²) < 4.78 is 10.2. The number of ether oxygens (including phenoxy) is 2. The van der Waals surface area contributed by atoms with Crippen LogP contribution in [0.15, 0.2) is 6.07 Å². The van der Waals surface area contributed by atoms with E-state index in [1.54, 1.807) is 19.9 Å². The summed E-state index contributed by atoms with van der Waals surface area (Å²) in [6.07, 6.45) is 0. The Balaban J connectivity index is 2.96. The van der Waals surface area contributed by atoms with Gasteiger partial charge in [-0.3, -0.25) is 10.1 Å². The Hall–Kier alpha value is -2.44. The summed E-state index contributed by atoms with van der Waals surface area (Å²) >= 11 is 0. The Morgan fingerprint density at radius 3 is 2.32 bits per heavy atom. The molecule has 0 bridgehead atoms. The van der Waals surface area contributed by atoms with E-state index in [1.165, 1.54) is 14.2 Å². The Morgan fingerprint density at radius 2 is 1.79 bits per heavy atom. The highest BCUT2D eigenvalue weighted by molar-refractivity contribution is 5.90. The first-order chi connectivity index (χ1) is 8.99. The molecule has 7 nitrogen and oxygen atoms in total. The number of benzene rings is 1. The van der Waals surface area contributed by atoms with Gasteiger partial charge in [0.25, 0.3) is 0 Å². The van der Waals surface area contributed by atoms with Crippen molar-refractivity contribution in [1.29, 1.82) is 0 Å². The first-order valence-corrected chi connectivity index (χ1v) is 5.54. The zero-order chi connectivity index (χ0) is 14.2. The van der Waals surface area contributed by atoms with Gasteiger partial charge in [0.2, 0.25) is 5.75 Å². The monoisotopic (exact) mass is 263 g/mol. The molecule has 0 saturated heterocycles. The highest BCUT2D eigenvalue weighted by atomic mass is 16.6. The standard InChI is InChI=1S/C12H13N3O4/c1-6-7(2)14-10-8(13-6)5-9(18-3)12(19-4)11(10)15(16)17/h5H,1-4H3. The van der Waals surface area contributed by atoms with E-state index in [4.69, 9.17) is 9.47 Å². The number of fused-ring (bicyclic) bond motifs is 1. The lowest BCUT2D eigenvalue weighted by atomic mass is 10.2. The average Bonchev–Trinajstić information content (AvgIpc) is 2.37. The van der Waals surface area contributed by atoms with Crippen molar-refractivity contribution in [3.05, 3.63) is 27.6 Å². The van der Waals surface area contributed by atoms with Gasteiger partial charge in [-0.2, -0.15) is 0 Å². The van der Waals surface area contributed by atoms with Crippen LogP contribution in [0.5, 0.6) is 11.5 Å². The molecule has 7 heteroatoms. The molecule has 0 aliphatic rings. The van der Waals surface area contributed by atoms with Gasteiger partial charge in [0.15, 0.2) is 11.3 Å². The van der Waals surface area contributed by atoms with Gasteiger partial charge in [0.05, 0.1) is 30.5 Å². The SMILES string of the molecule is COc1cc2nc(C)c(C)nc2c([N+](=O)[O-])c1OC. The predicted molar refractivity (Wildman–Crippen MR) is 68.8 cm³/mol. The fourth-order valence-electron chi connectivity index (χ4n) is 1.83. The van der Waals surface area contributed by atoms with Crippen LogP contribution in [-0.4, -0.2) is 29.1 Å². The molecule has 1 aromatic carbocycles. The molecule has 0 N–H and O–H groups in total. The van der Waals surface area contributed by atoms with Gasteiger partial charge < -0.3 is 9.47 Å². The molecule has 2 rings (SSSR count). The van der Waals surface area contributed by atoms with Crippen molar-refractivity contribution in [2.24, 2.45) is 0 Å². The number of hydrogen-bond donors (Lipinski definition) is 0. The number of methoxy groups -OCH3 is 2. The largest absolute Gasteiger partial charge is 0.493 e. The van der Waals surface area contributed by atoms with Crippen LogP contribution in [0.3, 0.4) is 0 Å². The quantitative estimate of drug-likeness (QED) is 0.623. The molecule has 100 valence electrons. The zero-order valence-corrected chi connectivity index (χ0v) is 11.1. The van der Waals surface area contributed by atoms with Gasteiger partial charge in [0, 0.05) is 6.07 Å². The summed E-state index contributed by atoms with van der Waals surface area (Å²) in [5.41, 5.74) is 1.74. The second kappa shape index (κ2) is 4.68. The van der Waals surface area contributed by atoms with Crippen molar-refractivity contribution >= 4 is 16.7 Å². The molecule has 1 aromatic heterocycles. The molecule has 0 unspecified atom stereocenters. The number of rotatable bonds is 3. The first-order valence-electron chi connectivity index (χ1n) is 5.54. The van der Waals surface area contributed by atoms with Gasteiger partial charge >= 0.3 is 5.69 Å². The fourth-order valence-corrected chi connectivity index (χ4v) is 1.83. The highest BCUT2D eigenvalue weighted by Gasteiger charge is 2.26. The summed E-state index contributed by atoms with van der Waals surface area (Å²) in [5, 5.41) is 11.3. The van der Waals surface area contributed by atoms with Crippen LogP contribution in [0.1, 0.15) is 11.4 Å². The van der Waals surface area contributed by atoms with Crippen LogP contribution < -0.4 is 9.47 Å². The molecule has 0 radical (unpaired) electrons. The molecule has 0 spiro atoms. The minimum Gasteiger partial charge on any atom is -0.493 e. The highest BCUT2D eigenvalue weighted by Crippen LogP contribution is 2.41. The molecular weight excluding hydrogens is 250 g/mol. The number of nitro groups is 1. The van der Waals surface area contributed by atoms with Crippen LogP contribution >= 0.6 is 0 Å². The molecule has 1 heterocycles. The van der Waals surface area contributed by atoms with Crippen LogP contribution in [0.2, 0.25) is 0 Å². The number of hydrogen-bond acceptors (Lipinski definition) is 6. The molecule has 0 fully saturated rings. The van der Waals surface area contributed by atoms with E-state index < -0.39 is 4.92 Å². The van der Waals surface area contributed by atoms with E-state index in [1.807, 2.05) is 0 Å². The number of nitro benzene ring substituents is 1. The lowest BCUT2D eigenvalue weighted by molar-refractivity contribution is -0.384. The van der Waals surface area contributed by atoms with E-state index in [-0.39, 0.29) is 22.7 Å². The van der Waals surface area contributed by atoms with Gasteiger partial charge in [-0.15, -0.1) is 0 Å². The summed E-state index contributed by atoms with van der Waals surface area (Å²) in [7, 11) is 2.77. The lowest BCUT2D eigenvalue weighted by Crippen LogP contribution is -2.02. The maximum absolute atomic E-state index is 11.3. The molecular formula is C12H13N3O4. The molecule has 2 aromatic rings. The second-order valence-electron chi connectivity index (χ2n) is 3.98. The summed E-state index contributed by atoms with van der Waals surface area (Å²) in [5.74, 6) is 0.316. The van der Waals surface area contributed by atoms with Crippen LogP contribution in [0.4, 0.5) is 5.69 Å². The van der Waals surface area contributed by atoms with E-state index in [0.29, 0.717) is 16.9 Å². The summed E-state index contributed by atoms with van der Waals surface area (Å²) in [6.45, 7) is 3.55. The average molecular weight is 263 g/mol. The Kier molecular flexibility index (Phi) is 3.20. The summed E-state index contributed by atoms with van der Waals surface area (Å²) in [4.78, 5) is 19.3. The van der Waals surface area contributed by atoms with Crippen molar-refractivity contribution in [1.82, 2.24) is 9.97 Å². The minimum absolute atomic E-state index is 0.0533. The Bertz CT molecular complexity index is 670. The fraction of sp³-hybridized carbons (Fsp3) is 0.333. The number of aryl methyl sites for hydroxylation is 2. The van der Waals surface area contributed by atoms with Gasteiger partial charge in [-0.1, -0.05) is 0 Å². The van der Waals surface area contributed by atoms with E-state index >= 15 is 0 Å². The summed E-state index contributed by atoms with van der Waals surface area (Å²) in [6, 6.07) is 1.58. The molecule has 0 aliphatic heterocycles. The van der Waals surface area contributed by atoms with Gasteiger partial charge in [0.1, 0.15) is 5.52 Å². The zero-order valence-electron chi connectivity index (χ0n) is 11.1. The lowest BCUT2D eigenvalue weighted by Gasteiger charge is -2.10. The predicted octanol–water partition coefficient (Wildman–Crippen LogP) is 2.17. The van der Waals surface area contributed by atoms with Gasteiger partial charge in [-0.05, 0) is 13.8 Å². The van der Waals surface area contributed by atoms with Crippen molar-refractivity contribution < 1.29 is 14.4 Å². The van der Waals surface area contributed by atoms with E-state index in [0.717, 1.165) is 0 Å². The minimum atomic E-state index is -0.535. The maximum Gasteiger partial charge on any atom is 0.342 e. The molecule has 0 aliphatic carbocycles. The number of nitrogens with zero attached hydrogens (tertiary/aromatic N) is 3. The molecule has 0 amide bonds. The first kappa shape index (κ1) is 13.0. The van der Waals surface area contributed by atoms with Crippen LogP contribution in [0.25, 0.3) is 11.0 Å². The van der Waals surface area contributed by atoms with Crippen LogP contribution in [-0.2, 0) is 0 Å². The van der Waals surface area contributed by atoms with Crippen molar-refractivity contribution in [2.75, 3.05) is 14.2 Å². The third-order valence-corrected chi connectivity index (χ3v) is 2.87. The molecule has 19 heavy (non-hydrogen) atoms. The van der Waals surface area contributed by atoms with Crippen molar-refractivity contribution in [2.45, 2.75) is 13.8 Å². The second-order valence-corrected chi connectivity index (χ2v) is 3.98. The third-order valence-electron chi connectivity index (χ3n) is 2.87. The number of aromatic nitrogens is 2. The van der Waals surface area contributed by atoms with E-state index in [2.05, 4.69) is 9.97 Å². The Morgan fingerprint density at radius 1 is 1.16 bits per heavy atom. The third kappa shape index (κ3) is 2.03. The molecule has 0 saturated carbocycles. The van der Waals surface area contributed by atoms with Gasteiger partial charge in [-0.25, -0.2) is 9.97 Å².